The summed E-state index contributed by atoms with van der Waals surface area (Å²) < 4.78 is 7.19. The molecule has 1 aliphatic rings. The van der Waals surface area contributed by atoms with Crippen molar-refractivity contribution >= 4 is 0 Å². The molecule has 2 rings (SSSR count). The minimum atomic E-state index is -1.37. The Balaban J connectivity index is 2.42. The van der Waals surface area contributed by atoms with E-state index in [1.54, 1.807) is 7.05 Å². The van der Waals surface area contributed by atoms with Crippen LogP contribution in [0.3, 0.4) is 0 Å². The Morgan fingerprint density at radius 3 is 2.60 bits per heavy atom. The predicted octanol–water partition coefficient (Wildman–Crippen LogP) is -3.20. The second-order valence-corrected chi connectivity index (χ2v) is 4.51. The quantitative estimate of drug-likeness (QED) is 0.459. The van der Waals surface area contributed by atoms with Crippen LogP contribution in [0.2, 0.25) is 0 Å². The predicted molar refractivity (Wildman–Crippen MR) is 67.0 cm³/mol. The number of hydrogen-bond donors (Lipinski definition) is 4. The van der Waals surface area contributed by atoms with Gasteiger partial charge in [0.25, 0.3) is 5.56 Å². The highest BCUT2D eigenvalue weighted by Gasteiger charge is 2.43. The van der Waals surface area contributed by atoms with Gasteiger partial charge in [-0.3, -0.25) is 9.36 Å². The molecule has 0 aliphatic carbocycles. The lowest BCUT2D eigenvalue weighted by Gasteiger charge is -2.18. The Hall–Kier alpha value is -1.52. The van der Waals surface area contributed by atoms with Crippen LogP contribution in [0, 0.1) is 0 Å². The van der Waals surface area contributed by atoms with Crippen LogP contribution in [-0.4, -0.2) is 56.4 Å². The Morgan fingerprint density at radius 1 is 1.35 bits per heavy atom. The topological polar surface area (TPSA) is 126 Å². The van der Waals surface area contributed by atoms with Crippen LogP contribution in [0.4, 0.5) is 0 Å². The number of nitrogens with zero attached hydrogens (tertiary/aromatic N) is 2. The highest BCUT2D eigenvalue weighted by molar-refractivity contribution is 4.94. The SMILES string of the molecule is CNCn1c(=O)ccn([C@@H]2O[C@H](CO)[C@@H](O)[C@H]2O)c1=O. The fraction of sp³-hybridized carbons (Fsp3) is 0.636. The zero-order valence-corrected chi connectivity index (χ0v) is 10.8. The van der Waals surface area contributed by atoms with Crippen LogP contribution in [0.15, 0.2) is 21.9 Å². The number of rotatable bonds is 4. The van der Waals surface area contributed by atoms with E-state index in [1.807, 2.05) is 0 Å². The Bertz CT molecular complexity index is 582. The maximum absolute atomic E-state index is 12.2. The van der Waals surface area contributed by atoms with Crippen LogP contribution in [-0.2, 0) is 11.4 Å². The largest absolute Gasteiger partial charge is 0.394 e. The van der Waals surface area contributed by atoms with Gasteiger partial charge in [0.2, 0.25) is 0 Å². The maximum atomic E-state index is 12.2. The van der Waals surface area contributed by atoms with Crippen LogP contribution in [0.1, 0.15) is 6.23 Å². The summed E-state index contributed by atoms with van der Waals surface area (Å²) in [6.07, 6.45) is -3.62. The summed E-state index contributed by atoms with van der Waals surface area (Å²) in [5.74, 6) is 0. The van der Waals surface area contributed by atoms with Gasteiger partial charge in [-0.1, -0.05) is 0 Å². The molecule has 20 heavy (non-hydrogen) atoms. The first-order valence-electron chi connectivity index (χ1n) is 6.10. The van der Waals surface area contributed by atoms with E-state index in [0.717, 1.165) is 15.2 Å². The summed E-state index contributed by atoms with van der Waals surface area (Å²) >= 11 is 0. The normalized spacial score (nSPS) is 29.8. The van der Waals surface area contributed by atoms with Crippen molar-refractivity contribution in [3.63, 3.8) is 0 Å². The fourth-order valence-electron chi connectivity index (χ4n) is 2.14. The lowest BCUT2D eigenvalue weighted by Crippen LogP contribution is -2.44. The van der Waals surface area contributed by atoms with E-state index < -0.39 is 42.4 Å². The molecule has 1 saturated heterocycles. The molecule has 1 fully saturated rings. The van der Waals surface area contributed by atoms with E-state index in [-0.39, 0.29) is 6.67 Å². The first kappa shape index (κ1) is 14.9. The summed E-state index contributed by atoms with van der Waals surface area (Å²) in [7, 11) is 1.58. The zero-order chi connectivity index (χ0) is 14.9. The van der Waals surface area contributed by atoms with Crippen LogP contribution < -0.4 is 16.6 Å². The first-order chi connectivity index (χ1) is 9.51. The molecule has 1 aliphatic heterocycles. The molecule has 2 heterocycles. The van der Waals surface area contributed by atoms with Gasteiger partial charge in [-0.05, 0) is 7.05 Å². The van der Waals surface area contributed by atoms with Crippen LogP contribution >= 0.6 is 0 Å². The van der Waals surface area contributed by atoms with Crippen LogP contribution in [0.5, 0.6) is 0 Å². The molecular formula is C11H17N3O6. The van der Waals surface area contributed by atoms with Gasteiger partial charge in [-0.15, -0.1) is 0 Å². The van der Waals surface area contributed by atoms with Crippen molar-refractivity contribution in [2.75, 3.05) is 13.7 Å². The average molecular weight is 287 g/mol. The highest BCUT2D eigenvalue weighted by atomic mass is 16.6. The molecule has 112 valence electrons. The molecule has 0 aromatic carbocycles. The third-order valence-electron chi connectivity index (χ3n) is 3.20. The van der Waals surface area contributed by atoms with Gasteiger partial charge >= 0.3 is 5.69 Å². The van der Waals surface area contributed by atoms with Crippen molar-refractivity contribution in [3.8, 4) is 0 Å². The van der Waals surface area contributed by atoms with Gasteiger partial charge in [-0.25, -0.2) is 9.36 Å². The molecule has 0 spiro atoms. The van der Waals surface area contributed by atoms with E-state index in [2.05, 4.69) is 5.32 Å². The smallest absolute Gasteiger partial charge is 0.334 e. The molecule has 9 nitrogen and oxygen atoms in total. The number of aliphatic hydroxyl groups is 3. The Morgan fingerprint density at radius 2 is 2.05 bits per heavy atom. The standard InChI is InChI=1S/C11H17N3O6/c1-12-5-14-7(16)2-3-13(11(14)19)10-9(18)8(17)6(4-15)20-10/h2-3,6,8-10,12,15,17-18H,4-5H2,1H3/t6-,8-,9-,10-/m1/s1. The molecule has 4 N–H and O–H groups in total. The van der Waals surface area contributed by atoms with Crippen molar-refractivity contribution in [1.29, 1.82) is 0 Å². The van der Waals surface area contributed by atoms with Crippen molar-refractivity contribution in [3.05, 3.63) is 33.1 Å². The average Bonchev–Trinajstić information content (AvgIpc) is 2.71. The lowest BCUT2D eigenvalue weighted by molar-refractivity contribution is -0.0556. The number of nitrogens with one attached hydrogen (secondary N) is 1. The molecule has 0 amide bonds. The van der Waals surface area contributed by atoms with Crippen molar-refractivity contribution in [1.82, 2.24) is 14.5 Å². The fourth-order valence-corrected chi connectivity index (χ4v) is 2.14. The monoisotopic (exact) mass is 287 g/mol. The van der Waals surface area contributed by atoms with E-state index in [4.69, 9.17) is 9.84 Å². The number of aromatic nitrogens is 2. The second kappa shape index (κ2) is 5.85. The van der Waals surface area contributed by atoms with Crippen molar-refractivity contribution in [2.24, 2.45) is 0 Å². The van der Waals surface area contributed by atoms with Crippen molar-refractivity contribution in [2.45, 2.75) is 31.2 Å². The van der Waals surface area contributed by atoms with Gasteiger partial charge in [0.05, 0.1) is 13.3 Å². The molecule has 0 unspecified atom stereocenters. The summed E-state index contributed by atoms with van der Waals surface area (Å²) in [4.78, 5) is 23.7. The number of aliphatic hydroxyl groups excluding tert-OH is 3. The van der Waals surface area contributed by atoms with Crippen molar-refractivity contribution < 1.29 is 20.1 Å². The number of ether oxygens (including phenoxy) is 1. The van der Waals surface area contributed by atoms with Gasteiger partial charge in [0.1, 0.15) is 18.3 Å². The minimum Gasteiger partial charge on any atom is -0.394 e. The van der Waals surface area contributed by atoms with Crippen LogP contribution in [0.25, 0.3) is 0 Å². The molecule has 1 aromatic rings. The molecule has 0 radical (unpaired) electrons. The van der Waals surface area contributed by atoms with E-state index in [9.17, 15) is 19.8 Å². The van der Waals surface area contributed by atoms with Gasteiger partial charge in [0, 0.05) is 12.3 Å². The molecule has 1 aromatic heterocycles. The maximum Gasteiger partial charge on any atom is 0.334 e. The number of hydrogen-bond acceptors (Lipinski definition) is 7. The summed E-state index contributed by atoms with van der Waals surface area (Å²) in [6, 6.07) is 1.16. The van der Waals surface area contributed by atoms with Gasteiger partial charge in [-0.2, -0.15) is 0 Å². The first-order valence-corrected chi connectivity index (χ1v) is 6.10. The summed E-state index contributed by atoms with van der Waals surface area (Å²) in [6.45, 7) is -0.479. The molecule has 0 saturated carbocycles. The van der Waals surface area contributed by atoms with E-state index in [1.165, 1.54) is 6.20 Å². The Labute approximate surface area is 113 Å². The highest BCUT2D eigenvalue weighted by Crippen LogP contribution is 2.27. The minimum absolute atomic E-state index is 0.00725. The second-order valence-electron chi connectivity index (χ2n) is 4.51. The molecule has 4 atom stereocenters. The molecule has 9 heteroatoms. The van der Waals surface area contributed by atoms with E-state index >= 15 is 0 Å². The third-order valence-corrected chi connectivity index (χ3v) is 3.20. The summed E-state index contributed by atoms with van der Waals surface area (Å²) in [5, 5.41) is 31.3. The summed E-state index contributed by atoms with van der Waals surface area (Å²) in [5.41, 5.74) is -1.17. The third kappa shape index (κ3) is 2.41. The lowest BCUT2D eigenvalue weighted by atomic mass is 10.1. The molecular weight excluding hydrogens is 270 g/mol. The van der Waals surface area contributed by atoms with E-state index in [0.29, 0.717) is 0 Å². The zero-order valence-electron chi connectivity index (χ0n) is 10.8. The molecule has 0 bridgehead atoms. The van der Waals surface area contributed by atoms with Gasteiger partial charge in [0.15, 0.2) is 6.23 Å². The van der Waals surface area contributed by atoms with Gasteiger partial charge < -0.3 is 25.4 Å². The Kier molecular flexibility index (Phi) is 4.35.